The maximum absolute atomic E-state index is 10.3. The SMILES string of the molecule is C=CC(CCCCC(=O)[O-])c1ccccc1. The van der Waals surface area contributed by atoms with E-state index >= 15 is 0 Å². The lowest BCUT2D eigenvalue weighted by molar-refractivity contribution is -0.305. The molecule has 0 heterocycles. The highest BCUT2D eigenvalue weighted by molar-refractivity contribution is 5.64. The van der Waals surface area contributed by atoms with Crippen molar-refractivity contribution in [2.45, 2.75) is 31.6 Å². The zero-order valence-electron chi connectivity index (χ0n) is 9.39. The molecule has 0 amide bonds. The van der Waals surface area contributed by atoms with Gasteiger partial charge in [-0.3, -0.25) is 0 Å². The van der Waals surface area contributed by atoms with Gasteiger partial charge in [0.15, 0.2) is 0 Å². The standard InChI is InChI=1S/C14H18O2/c1-2-12(8-6-7-11-14(15)16)13-9-4-3-5-10-13/h2-5,9-10,12H,1,6-8,11H2,(H,15,16)/p-1. The Labute approximate surface area is 96.6 Å². The molecule has 0 aliphatic carbocycles. The number of carbonyl (C=O) groups is 1. The van der Waals surface area contributed by atoms with Crippen LogP contribution in [0.1, 0.15) is 37.2 Å². The minimum absolute atomic E-state index is 0.151. The molecule has 1 unspecified atom stereocenters. The number of carboxylic acids is 1. The summed E-state index contributed by atoms with van der Waals surface area (Å²) in [5.74, 6) is -0.641. The zero-order valence-corrected chi connectivity index (χ0v) is 9.39. The van der Waals surface area contributed by atoms with E-state index in [1.807, 2.05) is 24.3 Å². The van der Waals surface area contributed by atoms with Gasteiger partial charge in [-0.05, 0) is 24.8 Å². The van der Waals surface area contributed by atoms with Gasteiger partial charge in [0.1, 0.15) is 0 Å². The van der Waals surface area contributed by atoms with Crippen molar-refractivity contribution in [3.63, 3.8) is 0 Å². The van der Waals surface area contributed by atoms with Crippen molar-refractivity contribution in [2.75, 3.05) is 0 Å². The third-order valence-electron chi connectivity index (χ3n) is 2.66. The number of carboxylic acid groups (broad SMARTS) is 1. The van der Waals surface area contributed by atoms with Crippen LogP contribution in [0.5, 0.6) is 0 Å². The Hall–Kier alpha value is -1.57. The summed E-state index contributed by atoms with van der Waals surface area (Å²) in [4.78, 5) is 10.3. The van der Waals surface area contributed by atoms with Gasteiger partial charge in [0.05, 0.1) is 0 Å². The smallest absolute Gasteiger partial charge is 0.0414 e. The van der Waals surface area contributed by atoms with Gasteiger partial charge in [-0.2, -0.15) is 0 Å². The van der Waals surface area contributed by atoms with Crippen LogP contribution in [0, 0.1) is 0 Å². The third-order valence-corrected chi connectivity index (χ3v) is 2.66. The average molecular weight is 217 g/mol. The minimum atomic E-state index is -0.963. The second-order valence-electron chi connectivity index (χ2n) is 3.87. The first kappa shape index (κ1) is 12.5. The lowest BCUT2D eigenvalue weighted by Gasteiger charge is -2.12. The molecule has 0 aromatic heterocycles. The Morgan fingerprint density at radius 1 is 1.31 bits per heavy atom. The molecule has 0 aliphatic heterocycles. The molecule has 1 aromatic carbocycles. The summed E-state index contributed by atoms with van der Waals surface area (Å²) in [6.45, 7) is 3.82. The number of benzene rings is 1. The third kappa shape index (κ3) is 4.30. The number of hydrogen-bond acceptors (Lipinski definition) is 2. The van der Waals surface area contributed by atoms with E-state index in [1.165, 1.54) is 5.56 Å². The van der Waals surface area contributed by atoms with Crippen LogP contribution in [0.2, 0.25) is 0 Å². The number of allylic oxidation sites excluding steroid dienone is 1. The van der Waals surface area contributed by atoms with Gasteiger partial charge in [-0.25, -0.2) is 0 Å². The number of carbonyl (C=O) groups excluding carboxylic acids is 1. The van der Waals surface area contributed by atoms with E-state index in [-0.39, 0.29) is 6.42 Å². The maximum Gasteiger partial charge on any atom is 0.0414 e. The highest BCUT2D eigenvalue weighted by atomic mass is 16.4. The molecule has 16 heavy (non-hydrogen) atoms. The van der Waals surface area contributed by atoms with E-state index in [1.54, 1.807) is 0 Å². The molecule has 86 valence electrons. The van der Waals surface area contributed by atoms with Crippen LogP contribution in [-0.4, -0.2) is 5.97 Å². The monoisotopic (exact) mass is 217 g/mol. The van der Waals surface area contributed by atoms with E-state index < -0.39 is 5.97 Å². The average Bonchev–Trinajstić information content (AvgIpc) is 2.30. The molecule has 1 atom stereocenters. The van der Waals surface area contributed by atoms with Gasteiger partial charge >= 0.3 is 0 Å². The summed E-state index contributed by atoms with van der Waals surface area (Å²) in [5, 5.41) is 10.3. The summed E-state index contributed by atoms with van der Waals surface area (Å²) in [7, 11) is 0. The molecular weight excluding hydrogens is 200 g/mol. The van der Waals surface area contributed by atoms with Crippen LogP contribution in [0.25, 0.3) is 0 Å². The van der Waals surface area contributed by atoms with Crippen LogP contribution in [0.15, 0.2) is 43.0 Å². The van der Waals surface area contributed by atoms with Crippen LogP contribution in [0.4, 0.5) is 0 Å². The van der Waals surface area contributed by atoms with Gasteiger partial charge in [-0.1, -0.05) is 42.8 Å². The van der Waals surface area contributed by atoms with Crippen molar-refractivity contribution in [3.8, 4) is 0 Å². The zero-order chi connectivity index (χ0) is 11.8. The molecule has 0 bridgehead atoms. The Bertz CT molecular complexity index is 330. The highest BCUT2D eigenvalue weighted by Crippen LogP contribution is 2.22. The first-order valence-electron chi connectivity index (χ1n) is 5.61. The minimum Gasteiger partial charge on any atom is -0.550 e. The van der Waals surface area contributed by atoms with E-state index in [2.05, 4.69) is 18.7 Å². The predicted octanol–water partition coefficient (Wildman–Crippen LogP) is 2.27. The normalized spacial score (nSPS) is 12.0. The number of unbranched alkanes of at least 4 members (excludes halogenated alkanes) is 1. The molecule has 0 aliphatic rings. The Morgan fingerprint density at radius 3 is 2.56 bits per heavy atom. The summed E-state index contributed by atoms with van der Waals surface area (Å²) in [6.07, 6.45) is 4.59. The van der Waals surface area contributed by atoms with Crippen molar-refractivity contribution >= 4 is 5.97 Å². The number of aliphatic carboxylic acids is 1. The molecule has 0 saturated heterocycles. The summed E-state index contributed by atoms with van der Waals surface area (Å²) in [6, 6.07) is 10.1. The molecule has 1 rings (SSSR count). The molecule has 2 heteroatoms. The molecule has 1 aromatic rings. The largest absolute Gasteiger partial charge is 0.550 e. The fraction of sp³-hybridized carbons (Fsp3) is 0.357. The van der Waals surface area contributed by atoms with Crippen molar-refractivity contribution in [1.82, 2.24) is 0 Å². The van der Waals surface area contributed by atoms with Gasteiger partial charge in [0.25, 0.3) is 0 Å². The van der Waals surface area contributed by atoms with Gasteiger partial charge in [-0.15, -0.1) is 6.58 Å². The van der Waals surface area contributed by atoms with Gasteiger partial charge in [0, 0.05) is 11.9 Å². The van der Waals surface area contributed by atoms with Crippen molar-refractivity contribution in [3.05, 3.63) is 48.6 Å². The molecule has 0 saturated carbocycles. The molecule has 0 fully saturated rings. The summed E-state index contributed by atoms with van der Waals surface area (Å²) >= 11 is 0. The van der Waals surface area contributed by atoms with Crippen LogP contribution in [0.3, 0.4) is 0 Å². The van der Waals surface area contributed by atoms with Crippen molar-refractivity contribution < 1.29 is 9.90 Å². The molecule has 2 nitrogen and oxygen atoms in total. The first-order chi connectivity index (χ1) is 7.74. The van der Waals surface area contributed by atoms with Gasteiger partial charge < -0.3 is 9.90 Å². The van der Waals surface area contributed by atoms with Crippen LogP contribution >= 0.6 is 0 Å². The number of hydrogen-bond donors (Lipinski definition) is 0. The van der Waals surface area contributed by atoms with E-state index in [4.69, 9.17) is 0 Å². The second-order valence-corrected chi connectivity index (χ2v) is 3.87. The lowest BCUT2D eigenvalue weighted by Crippen LogP contribution is -2.21. The molecule has 0 spiro atoms. The summed E-state index contributed by atoms with van der Waals surface area (Å²) in [5.41, 5.74) is 1.24. The van der Waals surface area contributed by atoms with Crippen LogP contribution < -0.4 is 5.11 Å². The molecule has 0 N–H and O–H groups in total. The molecule has 0 radical (unpaired) electrons. The lowest BCUT2D eigenvalue weighted by atomic mass is 9.93. The van der Waals surface area contributed by atoms with E-state index in [9.17, 15) is 9.90 Å². The summed E-state index contributed by atoms with van der Waals surface area (Å²) < 4.78 is 0. The second kappa shape index (κ2) is 6.83. The number of rotatable bonds is 7. The van der Waals surface area contributed by atoms with Crippen molar-refractivity contribution in [1.29, 1.82) is 0 Å². The molecular formula is C14H17O2-. The Kier molecular flexibility index (Phi) is 5.34. The Balaban J connectivity index is 2.38. The fourth-order valence-corrected chi connectivity index (χ4v) is 1.75. The Morgan fingerprint density at radius 2 is 2.00 bits per heavy atom. The van der Waals surface area contributed by atoms with Gasteiger partial charge in [0.2, 0.25) is 0 Å². The van der Waals surface area contributed by atoms with Crippen molar-refractivity contribution in [2.24, 2.45) is 0 Å². The van der Waals surface area contributed by atoms with E-state index in [0.29, 0.717) is 12.3 Å². The van der Waals surface area contributed by atoms with Crippen LogP contribution in [-0.2, 0) is 4.79 Å². The quantitative estimate of drug-likeness (QED) is 0.519. The first-order valence-corrected chi connectivity index (χ1v) is 5.61. The fourth-order valence-electron chi connectivity index (χ4n) is 1.75. The predicted molar refractivity (Wildman–Crippen MR) is 62.9 cm³/mol. The maximum atomic E-state index is 10.3. The highest BCUT2D eigenvalue weighted by Gasteiger charge is 2.05. The topological polar surface area (TPSA) is 40.1 Å². The van der Waals surface area contributed by atoms with E-state index in [0.717, 1.165) is 12.8 Å².